The van der Waals surface area contributed by atoms with Gasteiger partial charge in [0.2, 0.25) is 0 Å². The van der Waals surface area contributed by atoms with Crippen molar-refractivity contribution in [3.05, 3.63) is 0 Å². The zero-order valence-electron chi connectivity index (χ0n) is 21.2. The second-order valence-corrected chi connectivity index (χ2v) is 11.2. The van der Waals surface area contributed by atoms with Crippen LogP contribution in [0.3, 0.4) is 0 Å². The SMILES string of the molecule is CCCCCCCCCCCCCCC(=O)C(OP(=O)(O)OCC[N+](C)(C)C)[C@H](CO)OO. The lowest BCUT2D eigenvalue weighted by Crippen LogP contribution is -2.40. The largest absolute Gasteiger partial charge is 0.473 e. The van der Waals surface area contributed by atoms with Gasteiger partial charge in [-0.25, -0.2) is 9.45 Å². The van der Waals surface area contributed by atoms with E-state index in [0.717, 1.165) is 19.3 Å². The van der Waals surface area contributed by atoms with Crippen molar-refractivity contribution in [1.82, 2.24) is 0 Å². The number of phosphoric acid groups is 1. The van der Waals surface area contributed by atoms with Crippen LogP contribution >= 0.6 is 7.82 Å². The van der Waals surface area contributed by atoms with Crippen LogP contribution < -0.4 is 0 Å². The van der Waals surface area contributed by atoms with Crippen LogP contribution in [-0.2, 0) is 23.3 Å². The molecule has 10 heteroatoms. The van der Waals surface area contributed by atoms with Crippen LogP contribution in [0.2, 0.25) is 0 Å². The Labute approximate surface area is 200 Å². The number of nitrogens with zero attached hydrogens (tertiary/aromatic N) is 1. The fourth-order valence-corrected chi connectivity index (χ4v) is 4.32. The summed E-state index contributed by atoms with van der Waals surface area (Å²) >= 11 is 0. The molecule has 0 saturated carbocycles. The van der Waals surface area contributed by atoms with E-state index in [1.165, 1.54) is 51.4 Å². The summed E-state index contributed by atoms with van der Waals surface area (Å²) in [5.41, 5.74) is 0. The van der Waals surface area contributed by atoms with Crippen molar-refractivity contribution in [2.24, 2.45) is 0 Å². The molecule has 0 aliphatic carbocycles. The molecule has 198 valence electrons. The first kappa shape index (κ1) is 32.6. The van der Waals surface area contributed by atoms with Crippen molar-refractivity contribution in [1.29, 1.82) is 0 Å². The molecule has 9 nitrogen and oxygen atoms in total. The maximum absolute atomic E-state index is 12.6. The fraction of sp³-hybridized carbons (Fsp3) is 0.957. The third-order valence-electron chi connectivity index (χ3n) is 5.51. The molecule has 0 aromatic rings. The van der Waals surface area contributed by atoms with Crippen LogP contribution in [0.4, 0.5) is 0 Å². The molecule has 0 amide bonds. The Bertz CT molecular complexity index is 537. The van der Waals surface area contributed by atoms with Gasteiger partial charge in [0.1, 0.15) is 19.3 Å². The van der Waals surface area contributed by atoms with Crippen molar-refractivity contribution in [3.63, 3.8) is 0 Å². The van der Waals surface area contributed by atoms with E-state index in [1.807, 2.05) is 21.1 Å². The normalized spacial score (nSPS) is 15.8. The van der Waals surface area contributed by atoms with E-state index in [-0.39, 0.29) is 13.0 Å². The quantitative estimate of drug-likeness (QED) is 0.0609. The highest BCUT2D eigenvalue weighted by Gasteiger charge is 2.37. The van der Waals surface area contributed by atoms with Crippen molar-refractivity contribution >= 4 is 13.6 Å². The number of quaternary nitrogens is 1. The maximum Gasteiger partial charge on any atom is 0.473 e. The van der Waals surface area contributed by atoms with Crippen LogP contribution in [0.25, 0.3) is 0 Å². The molecule has 0 aromatic heterocycles. The lowest BCUT2D eigenvalue weighted by Gasteiger charge is -2.26. The Morgan fingerprint density at radius 3 is 1.82 bits per heavy atom. The number of ketones is 1. The molecule has 2 unspecified atom stereocenters. The minimum Gasteiger partial charge on any atom is -0.393 e. The molecule has 0 saturated heterocycles. The molecule has 0 aliphatic heterocycles. The number of hydrogen-bond donors (Lipinski definition) is 3. The molecule has 0 rings (SSSR count). The van der Waals surface area contributed by atoms with E-state index >= 15 is 0 Å². The monoisotopic (exact) mass is 498 g/mol. The standard InChI is InChI=1S/C23H48NO8P/c1-5-6-7-8-9-10-11-12-13-14-15-16-17-21(26)23(22(20-25)31-27)32-33(28,29)30-19-18-24(2,3)4/h22-23,25H,5-20H2,1-4H3,(H-,27,28,29)/p+1/t22-,23?/m0/s1. The molecule has 0 spiro atoms. The first-order valence-electron chi connectivity index (χ1n) is 12.5. The van der Waals surface area contributed by atoms with Crippen molar-refractivity contribution in [2.45, 2.75) is 103 Å². The number of likely N-dealkylation sites (N-methyl/N-ethyl adjacent to an activating group) is 1. The first-order valence-corrected chi connectivity index (χ1v) is 14.0. The minimum absolute atomic E-state index is 0.0549. The Morgan fingerprint density at radius 2 is 1.39 bits per heavy atom. The van der Waals surface area contributed by atoms with Gasteiger partial charge in [-0.2, -0.15) is 0 Å². The summed E-state index contributed by atoms with van der Waals surface area (Å²) in [4.78, 5) is 26.7. The second-order valence-electron chi connectivity index (χ2n) is 9.77. The van der Waals surface area contributed by atoms with Crippen LogP contribution in [0.5, 0.6) is 0 Å². The minimum atomic E-state index is -4.57. The molecule has 3 atom stereocenters. The van der Waals surface area contributed by atoms with Crippen molar-refractivity contribution in [3.8, 4) is 0 Å². The third kappa shape index (κ3) is 18.6. The molecule has 0 fully saturated rings. The molecule has 0 heterocycles. The molecular formula is C23H49NO8P+. The van der Waals surface area contributed by atoms with Crippen molar-refractivity contribution < 1.29 is 43.0 Å². The average Bonchev–Trinajstić information content (AvgIpc) is 2.73. The van der Waals surface area contributed by atoms with E-state index in [0.29, 0.717) is 17.4 Å². The lowest BCUT2D eigenvalue weighted by atomic mass is 10.0. The highest BCUT2D eigenvalue weighted by Crippen LogP contribution is 2.45. The summed E-state index contributed by atoms with van der Waals surface area (Å²) in [6.07, 6.45) is 10.9. The molecule has 33 heavy (non-hydrogen) atoms. The van der Waals surface area contributed by atoms with Crippen LogP contribution in [0, 0.1) is 0 Å². The molecular weight excluding hydrogens is 449 g/mol. The highest BCUT2D eigenvalue weighted by molar-refractivity contribution is 7.47. The summed E-state index contributed by atoms with van der Waals surface area (Å²) < 4.78 is 22.7. The molecule has 0 aliphatic rings. The fourth-order valence-electron chi connectivity index (χ4n) is 3.40. The van der Waals surface area contributed by atoms with Gasteiger partial charge < -0.3 is 14.5 Å². The van der Waals surface area contributed by atoms with Gasteiger partial charge in [0.15, 0.2) is 11.9 Å². The van der Waals surface area contributed by atoms with Gasteiger partial charge >= 0.3 is 7.82 Å². The van der Waals surface area contributed by atoms with E-state index in [4.69, 9.17) is 14.3 Å². The topological polar surface area (TPSA) is 123 Å². The van der Waals surface area contributed by atoms with Crippen molar-refractivity contribution in [2.75, 3.05) is 40.9 Å². The van der Waals surface area contributed by atoms with Crippen LogP contribution in [0.1, 0.15) is 90.4 Å². The van der Waals surface area contributed by atoms with E-state index in [1.54, 1.807) is 0 Å². The predicted molar refractivity (Wildman–Crippen MR) is 129 cm³/mol. The molecule has 0 radical (unpaired) electrons. The van der Waals surface area contributed by atoms with Crippen LogP contribution in [-0.4, -0.2) is 78.6 Å². The Hall–Kier alpha value is -0.380. The van der Waals surface area contributed by atoms with E-state index < -0.39 is 32.4 Å². The number of rotatable bonds is 23. The van der Waals surface area contributed by atoms with E-state index in [9.17, 15) is 19.4 Å². The smallest absolute Gasteiger partial charge is 0.393 e. The number of Topliss-reactive ketones (excluding diaryl/α,β-unsaturated/α-hetero) is 1. The Morgan fingerprint density at radius 1 is 0.909 bits per heavy atom. The Balaban J connectivity index is 4.29. The van der Waals surface area contributed by atoms with E-state index in [2.05, 4.69) is 11.8 Å². The molecule has 0 aromatic carbocycles. The van der Waals surface area contributed by atoms with Gasteiger partial charge in [-0.15, -0.1) is 0 Å². The maximum atomic E-state index is 12.6. The summed E-state index contributed by atoms with van der Waals surface area (Å²) in [7, 11) is 1.12. The third-order valence-corrected chi connectivity index (χ3v) is 6.51. The highest BCUT2D eigenvalue weighted by atomic mass is 31.2. The van der Waals surface area contributed by atoms with Gasteiger partial charge in [0.25, 0.3) is 0 Å². The number of aliphatic hydroxyl groups is 1. The summed E-state index contributed by atoms with van der Waals surface area (Å²) in [5, 5.41) is 18.4. The summed E-state index contributed by atoms with van der Waals surface area (Å²) in [5.74, 6) is -0.514. The predicted octanol–water partition coefficient (Wildman–Crippen LogP) is 4.71. The molecule has 3 N–H and O–H groups in total. The van der Waals surface area contributed by atoms with Crippen LogP contribution in [0.15, 0.2) is 0 Å². The van der Waals surface area contributed by atoms with Gasteiger partial charge in [0.05, 0.1) is 27.7 Å². The summed E-state index contributed by atoms with van der Waals surface area (Å²) in [6.45, 7) is 1.87. The second kappa shape index (κ2) is 18.9. The summed E-state index contributed by atoms with van der Waals surface area (Å²) in [6, 6.07) is 0. The Kier molecular flexibility index (Phi) is 18.7. The number of carbonyl (C=O) groups is 1. The zero-order valence-corrected chi connectivity index (χ0v) is 22.1. The number of hydrogen-bond acceptors (Lipinski definition) is 7. The molecule has 0 bridgehead atoms. The van der Waals surface area contributed by atoms with Gasteiger partial charge in [-0.05, 0) is 6.42 Å². The number of unbranched alkanes of at least 4 members (excludes halogenated alkanes) is 11. The first-order chi connectivity index (χ1) is 15.6. The van der Waals surface area contributed by atoms with Gasteiger partial charge in [-0.3, -0.25) is 19.1 Å². The zero-order chi connectivity index (χ0) is 25.2. The number of carbonyl (C=O) groups excluding carboxylic acids is 1. The lowest BCUT2D eigenvalue weighted by molar-refractivity contribution is -0.870. The number of aliphatic hydroxyl groups excluding tert-OH is 1. The van der Waals surface area contributed by atoms with Gasteiger partial charge in [0, 0.05) is 6.42 Å². The number of phosphoric ester groups is 1. The van der Waals surface area contributed by atoms with Gasteiger partial charge in [-0.1, -0.05) is 77.6 Å². The average molecular weight is 499 g/mol.